The maximum absolute atomic E-state index is 12.4. The highest BCUT2D eigenvalue weighted by Crippen LogP contribution is 2.40. The number of ketones is 1. The van der Waals surface area contributed by atoms with E-state index in [4.69, 9.17) is 4.74 Å². The van der Waals surface area contributed by atoms with E-state index in [9.17, 15) is 4.79 Å². The summed E-state index contributed by atoms with van der Waals surface area (Å²) >= 11 is 1.75. The minimum atomic E-state index is -0.271. The standard InChI is InChI=1S/C13H17NO2S/c1-3-16-11-7-10(8-14-9-11)12(15)13(2)5-4-6-17-13/h7-9H,3-6H2,1-2H3. The number of hydrogen-bond acceptors (Lipinski definition) is 4. The van der Waals surface area contributed by atoms with Crippen LogP contribution in [-0.2, 0) is 0 Å². The molecular formula is C13H17NO2S. The molecule has 1 aliphatic rings. The van der Waals surface area contributed by atoms with Gasteiger partial charge in [-0.3, -0.25) is 9.78 Å². The van der Waals surface area contributed by atoms with Crippen LogP contribution >= 0.6 is 11.8 Å². The number of carbonyl (C=O) groups excluding carboxylic acids is 1. The minimum Gasteiger partial charge on any atom is -0.492 e. The van der Waals surface area contributed by atoms with Crippen molar-refractivity contribution in [1.82, 2.24) is 4.98 Å². The third-order valence-electron chi connectivity index (χ3n) is 2.99. The lowest BCUT2D eigenvalue weighted by Gasteiger charge is -2.20. The van der Waals surface area contributed by atoms with Gasteiger partial charge in [-0.15, -0.1) is 11.8 Å². The fourth-order valence-electron chi connectivity index (χ4n) is 2.05. The van der Waals surface area contributed by atoms with Crippen LogP contribution in [0.5, 0.6) is 5.75 Å². The highest BCUT2D eigenvalue weighted by Gasteiger charge is 2.37. The van der Waals surface area contributed by atoms with Crippen LogP contribution in [0.1, 0.15) is 37.0 Å². The van der Waals surface area contributed by atoms with Crippen LogP contribution in [0.25, 0.3) is 0 Å². The molecule has 0 saturated carbocycles. The molecule has 1 saturated heterocycles. The summed E-state index contributed by atoms with van der Waals surface area (Å²) in [5.74, 6) is 1.92. The number of thioether (sulfide) groups is 1. The molecular weight excluding hydrogens is 234 g/mol. The molecule has 1 aromatic heterocycles. The van der Waals surface area contributed by atoms with Crippen LogP contribution < -0.4 is 4.74 Å². The second kappa shape index (κ2) is 5.08. The molecule has 2 rings (SSSR count). The number of ether oxygens (including phenoxy) is 1. The van der Waals surface area contributed by atoms with Crippen molar-refractivity contribution >= 4 is 17.5 Å². The molecule has 4 heteroatoms. The van der Waals surface area contributed by atoms with Gasteiger partial charge in [0.15, 0.2) is 5.78 Å². The van der Waals surface area contributed by atoms with E-state index in [1.165, 1.54) is 0 Å². The Morgan fingerprint density at radius 3 is 3.06 bits per heavy atom. The summed E-state index contributed by atoms with van der Waals surface area (Å²) in [4.78, 5) is 16.5. The maximum atomic E-state index is 12.4. The van der Waals surface area contributed by atoms with Crippen molar-refractivity contribution in [3.63, 3.8) is 0 Å². The summed E-state index contributed by atoms with van der Waals surface area (Å²) in [7, 11) is 0. The number of rotatable bonds is 4. The lowest BCUT2D eigenvalue weighted by Crippen LogP contribution is -2.28. The van der Waals surface area contributed by atoms with Gasteiger partial charge in [-0.2, -0.15) is 0 Å². The zero-order valence-electron chi connectivity index (χ0n) is 10.2. The molecule has 0 N–H and O–H groups in total. The molecule has 1 aliphatic heterocycles. The monoisotopic (exact) mass is 251 g/mol. The van der Waals surface area contributed by atoms with Gasteiger partial charge in [-0.05, 0) is 38.5 Å². The van der Waals surface area contributed by atoms with Gasteiger partial charge in [0.25, 0.3) is 0 Å². The molecule has 0 aliphatic carbocycles. The van der Waals surface area contributed by atoms with E-state index in [0.29, 0.717) is 17.9 Å². The van der Waals surface area contributed by atoms with Crippen molar-refractivity contribution in [2.45, 2.75) is 31.4 Å². The lowest BCUT2D eigenvalue weighted by molar-refractivity contribution is 0.0948. The molecule has 1 atom stereocenters. The van der Waals surface area contributed by atoms with Gasteiger partial charge in [0.1, 0.15) is 5.75 Å². The fraction of sp³-hybridized carbons (Fsp3) is 0.538. The van der Waals surface area contributed by atoms with Gasteiger partial charge >= 0.3 is 0 Å². The van der Waals surface area contributed by atoms with Gasteiger partial charge in [-0.25, -0.2) is 0 Å². The molecule has 17 heavy (non-hydrogen) atoms. The summed E-state index contributed by atoms with van der Waals surface area (Å²) in [6.45, 7) is 4.54. The summed E-state index contributed by atoms with van der Waals surface area (Å²) < 4.78 is 5.10. The first-order chi connectivity index (χ1) is 8.15. The molecule has 1 unspecified atom stereocenters. The van der Waals surface area contributed by atoms with Gasteiger partial charge in [0, 0.05) is 11.8 Å². The Morgan fingerprint density at radius 1 is 1.59 bits per heavy atom. The predicted molar refractivity (Wildman–Crippen MR) is 69.8 cm³/mol. The van der Waals surface area contributed by atoms with Crippen LogP contribution in [0.2, 0.25) is 0 Å². The first-order valence-electron chi connectivity index (χ1n) is 5.92. The molecule has 0 bridgehead atoms. The molecule has 2 heterocycles. The molecule has 0 spiro atoms. The van der Waals surface area contributed by atoms with E-state index in [2.05, 4.69) is 4.98 Å². The first-order valence-corrected chi connectivity index (χ1v) is 6.91. The largest absolute Gasteiger partial charge is 0.492 e. The predicted octanol–water partition coefficient (Wildman–Crippen LogP) is 2.95. The summed E-state index contributed by atoms with van der Waals surface area (Å²) in [6, 6.07) is 1.79. The summed E-state index contributed by atoms with van der Waals surface area (Å²) in [5, 5.41) is 0. The van der Waals surface area contributed by atoms with Gasteiger partial charge in [-0.1, -0.05) is 0 Å². The molecule has 3 nitrogen and oxygen atoms in total. The number of hydrogen-bond donors (Lipinski definition) is 0. The Hall–Kier alpha value is -1.03. The van der Waals surface area contributed by atoms with Crippen molar-refractivity contribution in [3.8, 4) is 5.75 Å². The number of carbonyl (C=O) groups is 1. The van der Waals surface area contributed by atoms with Crippen molar-refractivity contribution in [3.05, 3.63) is 24.0 Å². The Kier molecular flexibility index (Phi) is 3.72. The Balaban J connectivity index is 2.21. The number of Topliss-reactive ketones (excluding diaryl/α,β-unsaturated/α-hetero) is 1. The lowest BCUT2D eigenvalue weighted by atomic mass is 9.95. The van der Waals surface area contributed by atoms with E-state index in [1.54, 1.807) is 30.2 Å². The van der Waals surface area contributed by atoms with E-state index >= 15 is 0 Å². The normalized spacial score (nSPS) is 23.6. The SMILES string of the molecule is CCOc1cncc(C(=O)C2(C)CCCS2)c1. The second-order valence-corrected chi connectivity index (χ2v) is 5.95. The Bertz CT molecular complexity index is 414. The van der Waals surface area contributed by atoms with Gasteiger partial charge in [0.05, 0.1) is 17.6 Å². The molecule has 0 aromatic carbocycles. The van der Waals surface area contributed by atoms with Gasteiger partial charge < -0.3 is 4.74 Å². The smallest absolute Gasteiger partial charge is 0.180 e. The van der Waals surface area contributed by atoms with Crippen LogP contribution in [0.3, 0.4) is 0 Å². The first kappa shape index (κ1) is 12.4. The third-order valence-corrected chi connectivity index (χ3v) is 4.50. The van der Waals surface area contributed by atoms with Crippen molar-refractivity contribution in [2.24, 2.45) is 0 Å². The average Bonchev–Trinajstić information content (AvgIpc) is 2.77. The highest BCUT2D eigenvalue weighted by molar-refractivity contribution is 8.01. The van der Waals surface area contributed by atoms with Crippen molar-refractivity contribution in [2.75, 3.05) is 12.4 Å². The van der Waals surface area contributed by atoms with Crippen LogP contribution in [0.15, 0.2) is 18.5 Å². The summed E-state index contributed by atoms with van der Waals surface area (Å²) in [5.41, 5.74) is 0.660. The van der Waals surface area contributed by atoms with E-state index in [1.807, 2.05) is 13.8 Å². The van der Waals surface area contributed by atoms with E-state index in [0.717, 1.165) is 18.6 Å². The highest BCUT2D eigenvalue weighted by atomic mass is 32.2. The molecule has 0 radical (unpaired) electrons. The fourth-order valence-corrected chi connectivity index (χ4v) is 3.33. The maximum Gasteiger partial charge on any atom is 0.180 e. The molecule has 92 valence electrons. The van der Waals surface area contributed by atoms with E-state index in [-0.39, 0.29) is 10.5 Å². The number of nitrogens with zero attached hydrogens (tertiary/aromatic N) is 1. The van der Waals surface area contributed by atoms with Gasteiger partial charge in [0.2, 0.25) is 0 Å². The quantitative estimate of drug-likeness (QED) is 0.771. The minimum absolute atomic E-state index is 0.175. The van der Waals surface area contributed by atoms with Crippen LogP contribution in [0, 0.1) is 0 Å². The van der Waals surface area contributed by atoms with Crippen molar-refractivity contribution in [1.29, 1.82) is 0 Å². The molecule has 1 aromatic rings. The third kappa shape index (κ3) is 2.63. The Labute approximate surface area is 106 Å². The zero-order valence-corrected chi connectivity index (χ0v) is 11.0. The van der Waals surface area contributed by atoms with Crippen LogP contribution in [-0.4, -0.2) is 27.9 Å². The Morgan fingerprint density at radius 2 is 2.41 bits per heavy atom. The molecule has 0 amide bonds. The van der Waals surface area contributed by atoms with Crippen molar-refractivity contribution < 1.29 is 9.53 Å². The van der Waals surface area contributed by atoms with E-state index < -0.39 is 0 Å². The topological polar surface area (TPSA) is 39.2 Å². The molecule has 1 fully saturated rings. The zero-order chi connectivity index (χ0) is 12.3. The summed E-state index contributed by atoms with van der Waals surface area (Å²) in [6.07, 6.45) is 5.35. The van der Waals surface area contributed by atoms with Crippen LogP contribution in [0.4, 0.5) is 0 Å². The second-order valence-electron chi connectivity index (χ2n) is 4.35. The average molecular weight is 251 g/mol. The number of aromatic nitrogens is 1. The number of pyridine rings is 1.